The Balaban J connectivity index is 2.39. The van der Waals surface area contributed by atoms with Crippen LogP contribution in [0.3, 0.4) is 0 Å². The van der Waals surface area contributed by atoms with E-state index < -0.39 is 6.10 Å². The van der Waals surface area contributed by atoms with Gasteiger partial charge in [-0.2, -0.15) is 5.10 Å². The van der Waals surface area contributed by atoms with Gasteiger partial charge in [-0.3, -0.25) is 4.98 Å². The first-order chi connectivity index (χ1) is 9.11. The van der Waals surface area contributed by atoms with Crippen LogP contribution in [0.5, 0.6) is 0 Å². The maximum absolute atomic E-state index is 10.3. The summed E-state index contributed by atoms with van der Waals surface area (Å²) in [6, 6.07) is 3.72. The van der Waals surface area contributed by atoms with Gasteiger partial charge >= 0.3 is 0 Å². The van der Waals surface area contributed by atoms with Crippen LogP contribution in [0.4, 0.5) is 0 Å². The summed E-state index contributed by atoms with van der Waals surface area (Å²) in [4.78, 5) is 8.44. The van der Waals surface area contributed by atoms with Crippen molar-refractivity contribution < 1.29 is 5.11 Å². The lowest BCUT2D eigenvalue weighted by Crippen LogP contribution is -2.10. The average molecular weight is 260 g/mol. The minimum Gasteiger partial charge on any atom is -0.385 e. The molecule has 2 heterocycles. The quantitative estimate of drug-likeness (QED) is 0.896. The maximum Gasteiger partial charge on any atom is 0.161 e. The average Bonchev–Trinajstić information content (AvgIpc) is 2.83. The smallest absolute Gasteiger partial charge is 0.161 e. The summed E-state index contributed by atoms with van der Waals surface area (Å²) in [7, 11) is 0. The van der Waals surface area contributed by atoms with Crippen LogP contribution < -0.4 is 0 Å². The van der Waals surface area contributed by atoms with Gasteiger partial charge in [0, 0.05) is 18.8 Å². The lowest BCUT2D eigenvalue weighted by atomic mass is 10.1. The van der Waals surface area contributed by atoms with Gasteiger partial charge in [0.05, 0.1) is 5.69 Å². The van der Waals surface area contributed by atoms with E-state index in [9.17, 15) is 5.11 Å². The lowest BCUT2D eigenvalue weighted by molar-refractivity contribution is 0.139. The number of aliphatic hydroxyl groups is 1. The van der Waals surface area contributed by atoms with Crippen molar-refractivity contribution in [2.24, 2.45) is 5.92 Å². The molecule has 0 saturated heterocycles. The Bertz CT molecular complexity index is 521. The van der Waals surface area contributed by atoms with Crippen molar-refractivity contribution in [3.63, 3.8) is 0 Å². The van der Waals surface area contributed by atoms with E-state index >= 15 is 0 Å². The van der Waals surface area contributed by atoms with Crippen LogP contribution in [0.15, 0.2) is 24.5 Å². The zero-order valence-corrected chi connectivity index (χ0v) is 11.6. The molecular weight excluding hydrogens is 240 g/mol. The molecule has 0 bridgehead atoms. The van der Waals surface area contributed by atoms with Crippen LogP contribution in [0.1, 0.15) is 44.9 Å². The molecule has 0 aliphatic rings. The summed E-state index contributed by atoms with van der Waals surface area (Å²) in [6.07, 6.45) is 4.25. The van der Waals surface area contributed by atoms with E-state index in [0.717, 1.165) is 17.9 Å². The van der Waals surface area contributed by atoms with Gasteiger partial charge in [-0.15, -0.1) is 0 Å². The number of pyridine rings is 1. The van der Waals surface area contributed by atoms with Crippen molar-refractivity contribution in [3.8, 4) is 5.69 Å². The standard InChI is InChI=1S/C14H20N4O/c1-4-13-16-14(12(19)9-10(2)3)18(17-13)11-5-7-15-8-6-11/h5-8,10,12,19H,4,9H2,1-3H3. The summed E-state index contributed by atoms with van der Waals surface area (Å²) >= 11 is 0. The number of nitrogens with zero attached hydrogens (tertiary/aromatic N) is 4. The molecule has 2 aromatic heterocycles. The predicted molar refractivity (Wildman–Crippen MR) is 72.9 cm³/mol. The second-order valence-corrected chi connectivity index (χ2v) is 5.00. The fourth-order valence-corrected chi connectivity index (χ4v) is 1.96. The molecule has 0 spiro atoms. The number of aryl methyl sites for hydroxylation is 1. The first-order valence-electron chi connectivity index (χ1n) is 6.66. The predicted octanol–water partition coefficient (Wildman–Crippen LogP) is 2.30. The molecule has 0 fully saturated rings. The zero-order chi connectivity index (χ0) is 13.8. The Morgan fingerprint density at radius 3 is 2.53 bits per heavy atom. The van der Waals surface area contributed by atoms with Gasteiger partial charge in [-0.1, -0.05) is 20.8 Å². The Hall–Kier alpha value is -1.75. The number of rotatable bonds is 5. The summed E-state index contributed by atoms with van der Waals surface area (Å²) in [6.45, 7) is 6.17. The third kappa shape index (κ3) is 3.17. The van der Waals surface area contributed by atoms with E-state index in [2.05, 4.69) is 28.9 Å². The van der Waals surface area contributed by atoms with Crippen LogP contribution >= 0.6 is 0 Å². The first-order valence-corrected chi connectivity index (χ1v) is 6.66. The van der Waals surface area contributed by atoms with E-state index in [1.165, 1.54) is 0 Å². The van der Waals surface area contributed by atoms with Gasteiger partial charge in [0.25, 0.3) is 0 Å². The molecule has 0 aromatic carbocycles. The highest BCUT2D eigenvalue weighted by Gasteiger charge is 2.19. The minimum atomic E-state index is -0.596. The fourth-order valence-electron chi connectivity index (χ4n) is 1.96. The molecule has 0 aliphatic carbocycles. The molecule has 2 aromatic rings. The van der Waals surface area contributed by atoms with Crippen LogP contribution in [0.25, 0.3) is 5.69 Å². The molecule has 19 heavy (non-hydrogen) atoms. The molecule has 0 saturated carbocycles. The van der Waals surface area contributed by atoms with Crippen molar-refractivity contribution in [3.05, 3.63) is 36.2 Å². The lowest BCUT2D eigenvalue weighted by Gasteiger charge is -2.13. The number of hydrogen-bond donors (Lipinski definition) is 1. The molecular formula is C14H20N4O. The normalized spacial score (nSPS) is 12.9. The van der Waals surface area contributed by atoms with Crippen molar-refractivity contribution in [2.75, 3.05) is 0 Å². The number of aliphatic hydroxyl groups excluding tert-OH is 1. The molecule has 1 N–H and O–H groups in total. The molecule has 102 valence electrons. The Kier molecular flexibility index (Phi) is 4.27. The monoisotopic (exact) mass is 260 g/mol. The van der Waals surface area contributed by atoms with Crippen LogP contribution in [0.2, 0.25) is 0 Å². The molecule has 5 nitrogen and oxygen atoms in total. The van der Waals surface area contributed by atoms with Gasteiger partial charge in [0.15, 0.2) is 11.6 Å². The van der Waals surface area contributed by atoms with Crippen LogP contribution in [-0.4, -0.2) is 24.9 Å². The Morgan fingerprint density at radius 2 is 1.95 bits per heavy atom. The third-order valence-corrected chi connectivity index (χ3v) is 2.89. The molecule has 0 radical (unpaired) electrons. The van der Waals surface area contributed by atoms with Crippen LogP contribution in [0, 0.1) is 5.92 Å². The highest BCUT2D eigenvalue weighted by Crippen LogP contribution is 2.22. The van der Waals surface area contributed by atoms with E-state index in [-0.39, 0.29) is 0 Å². The second-order valence-electron chi connectivity index (χ2n) is 5.00. The third-order valence-electron chi connectivity index (χ3n) is 2.89. The van der Waals surface area contributed by atoms with Gasteiger partial charge in [0.2, 0.25) is 0 Å². The molecule has 0 aliphatic heterocycles. The fraction of sp³-hybridized carbons (Fsp3) is 0.500. The maximum atomic E-state index is 10.3. The number of aromatic nitrogens is 4. The van der Waals surface area contributed by atoms with Crippen molar-refractivity contribution >= 4 is 0 Å². The highest BCUT2D eigenvalue weighted by molar-refractivity contribution is 5.29. The van der Waals surface area contributed by atoms with Crippen LogP contribution in [-0.2, 0) is 6.42 Å². The first kappa shape index (κ1) is 13.7. The largest absolute Gasteiger partial charge is 0.385 e. The van der Waals surface area contributed by atoms with Gasteiger partial charge in [-0.05, 0) is 24.5 Å². The van der Waals surface area contributed by atoms with Crippen molar-refractivity contribution in [1.82, 2.24) is 19.7 Å². The SMILES string of the molecule is CCc1nc(C(O)CC(C)C)n(-c2ccncc2)n1. The van der Waals surface area contributed by atoms with E-state index in [1.54, 1.807) is 17.1 Å². The van der Waals surface area contributed by atoms with Gasteiger partial charge < -0.3 is 5.11 Å². The summed E-state index contributed by atoms with van der Waals surface area (Å²) in [5.74, 6) is 1.76. The highest BCUT2D eigenvalue weighted by atomic mass is 16.3. The second kappa shape index (κ2) is 5.93. The summed E-state index contributed by atoms with van der Waals surface area (Å²) in [5.41, 5.74) is 0.875. The Labute approximate surface area is 113 Å². The van der Waals surface area contributed by atoms with Gasteiger partial charge in [-0.25, -0.2) is 9.67 Å². The van der Waals surface area contributed by atoms with E-state index in [4.69, 9.17) is 0 Å². The molecule has 0 amide bonds. The molecule has 1 atom stereocenters. The Morgan fingerprint density at radius 1 is 1.26 bits per heavy atom. The summed E-state index contributed by atoms with van der Waals surface area (Å²) in [5, 5.41) is 14.7. The topological polar surface area (TPSA) is 63.8 Å². The van der Waals surface area contributed by atoms with Crippen molar-refractivity contribution in [1.29, 1.82) is 0 Å². The summed E-state index contributed by atoms with van der Waals surface area (Å²) < 4.78 is 1.72. The molecule has 5 heteroatoms. The molecule has 1 unspecified atom stereocenters. The van der Waals surface area contributed by atoms with Gasteiger partial charge in [0.1, 0.15) is 6.10 Å². The molecule has 2 rings (SSSR count). The number of hydrogen-bond acceptors (Lipinski definition) is 4. The van der Waals surface area contributed by atoms with Crippen molar-refractivity contribution in [2.45, 2.75) is 39.7 Å². The van der Waals surface area contributed by atoms with E-state index in [0.29, 0.717) is 18.2 Å². The zero-order valence-electron chi connectivity index (χ0n) is 11.6. The van der Waals surface area contributed by atoms with E-state index in [1.807, 2.05) is 19.1 Å². The minimum absolute atomic E-state index is 0.405.